The van der Waals surface area contributed by atoms with E-state index in [1.807, 2.05) is 12.1 Å². The maximum absolute atomic E-state index is 5.50. The van der Waals surface area contributed by atoms with Gasteiger partial charge in [-0.3, -0.25) is 10.00 Å². The van der Waals surface area contributed by atoms with Crippen LogP contribution in [0.5, 0.6) is 0 Å². The van der Waals surface area contributed by atoms with Gasteiger partial charge in [0.25, 0.3) is 5.89 Å². The quantitative estimate of drug-likeness (QED) is 0.663. The minimum atomic E-state index is 0. The molecule has 3 aromatic rings. The zero-order valence-electron chi connectivity index (χ0n) is 16.4. The summed E-state index contributed by atoms with van der Waals surface area (Å²) in [7, 11) is 0. The monoisotopic (exact) mass is 414 g/mol. The van der Waals surface area contributed by atoms with Gasteiger partial charge in [-0.15, -0.1) is 12.4 Å². The first-order valence-corrected chi connectivity index (χ1v) is 10.3. The second-order valence-electron chi connectivity index (χ2n) is 7.86. The lowest BCUT2D eigenvalue weighted by atomic mass is 10.1. The van der Waals surface area contributed by atoms with Gasteiger partial charge in [0, 0.05) is 30.3 Å². The van der Waals surface area contributed by atoms with Crippen LogP contribution in [-0.4, -0.2) is 51.4 Å². The van der Waals surface area contributed by atoms with Crippen LogP contribution >= 0.6 is 12.4 Å². The fourth-order valence-corrected chi connectivity index (χ4v) is 4.20. The van der Waals surface area contributed by atoms with Gasteiger partial charge >= 0.3 is 0 Å². The molecule has 0 bridgehead atoms. The molecule has 2 N–H and O–H groups in total. The van der Waals surface area contributed by atoms with E-state index < -0.39 is 0 Å². The zero-order valence-corrected chi connectivity index (χ0v) is 17.2. The van der Waals surface area contributed by atoms with Crippen LogP contribution in [0.3, 0.4) is 0 Å². The minimum Gasteiger partial charge on any atom is -0.332 e. The average molecular weight is 415 g/mol. The summed E-state index contributed by atoms with van der Waals surface area (Å²) in [5, 5.41) is 15.1. The van der Waals surface area contributed by atoms with Crippen molar-refractivity contribution in [2.45, 2.75) is 38.1 Å². The summed E-state index contributed by atoms with van der Waals surface area (Å²) in [6.07, 6.45) is 5.09. The molecule has 0 aliphatic carbocycles. The van der Waals surface area contributed by atoms with Crippen LogP contribution in [0.2, 0.25) is 0 Å². The summed E-state index contributed by atoms with van der Waals surface area (Å²) in [5.41, 5.74) is 4.12. The highest BCUT2D eigenvalue weighted by Crippen LogP contribution is 2.26. The lowest BCUT2D eigenvalue weighted by molar-refractivity contribution is 0.221. The molecule has 29 heavy (non-hydrogen) atoms. The van der Waals surface area contributed by atoms with Gasteiger partial charge in [-0.1, -0.05) is 29.8 Å². The van der Waals surface area contributed by atoms with Crippen molar-refractivity contribution in [3.05, 3.63) is 41.6 Å². The Morgan fingerprint density at radius 2 is 2.03 bits per heavy atom. The van der Waals surface area contributed by atoms with Gasteiger partial charge in [0.1, 0.15) is 0 Å². The van der Waals surface area contributed by atoms with E-state index in [1.165, 1.54) is 37.9 Å². The van der Waals surface area contributed by atoms with Crippen molar-refractivity contribution in [2.75, 3.05) is 26.2 Å². The third-order valence-corrected chi connectivity index (χ3v) is 5.78. The molecule has 0 radical (unpaired) electrons. The number of nitrogens with zero attached hydrogens (tertiary/aromatic N) is 4. The Bertz CT molecular complexity index is 927. The van der Waals surface area contributed by atoms with E-state index in [0.29, 0.717) is 23.3 Å². The van der Waals surface area contributed by atoms with Crippen molar-refractivity contribution in [3.63, 3.8) is 0 Å². The first kappa shape index (κ1) is 20.1. The Labute approximate surface area is 176 Å². The third-order valence-electron chi connectivity index (χ3n) is 5.78. The van der Waals surface area contributed by atoms with Crippen LogP contribution in [0.1, 0.15) is 42.9 Å². The summed E-state index contributed by atoms with van der Waals surface area (Å²) in [4.78, 5) is 7.11. The summed E-state index contributed by atoms with van der Waals surface area (Å²) in [5.74, 6) is 1.56. The number of piperidine rings is 1. The second kappa shape index (κ2) is 9.07. The highest BCUT2D eigenvalue weighted by molar-refractivity contribution is 5.85. The fraction of sp³-hybridized carbons (Fsp3) is 0.476. The molecule has 1 atom stereocenters. The summed E-state index contributed by atoms with van der Waals surface area (Å²) >= 11 is 0. The number of hydrogen-bond acceptors (Lipinski definition) is 6. The Morgan fingerprint density at radius 3 is 2.86 bits per heavy atom. The Balaban J connectivity index is 0.00000205. The van der Waals surface area contributed by atoms with E-state index in [-0.39, 0.29) is 12.4 Å². The van der Waals surface area contributed by atoms with Crippen molar-refractivity contribution < 1.29 is 4.52 Å². The number of hydrogen-bond donors (Lipinski definition) is 2. The average Bonchev–Trinajstić information content (AvgIpc) is 3.49. The standard InChI is InChI=1S/C21H26N6O.ClH/c1-2-9-27(10-3-1)14-15-5-4-6-16(11-15)20-23-21(28-26-20)19-12-18(24-25-19)17-7-8-22-13-17;/h4-6,11-12,17,22H,1-3,7-10,13-14H2,(H,24,25);1H. The van der Waals surface area contributed by atoms with Gasteiger partial charge < -0.3 is 9.84 Å². The van der Waals surface area contributed by atoms with Crippen molar-refractivity contribution in [2.24, 2.45) is 0 Å². The summed E-state index contributed by atoms with van der Waals surface area (Å²) in [6.45, 7) is 5.40. The van der Waals surface area contributed by atoms with E-state index in [2.05, 4.69) is 48.8 Å². The van der Waals surface area contributed by atoms with E-state index in [1.54, 1.807) is 0 Å². The van der Waals surface area contributed by atoms with E-state index in [0.717, 1.165) is 37.3 Å². The number of rotatable bonds is 5. The molecule has 2 saturated heterocycles. The molecular weight excluding hydrogens is 388 g/mol. The molecule has 2 aliphatic heterocycles. The van der Waals surface area contributed by atoms with Gasteiger partial charge in [-0.05, 0) is 56.6 Å². The maximum atomic E-state index is 5.50. The first-order valence-electron chi connectivity index (χ1n) is 10.3. The molecule has 0 spiro atoms. The summed E-state index contributed by atoms with van der Waals surface area (Å²) < 4.78 is 5.50. The van der Waals surface area contributed by atoms with E-state index in [4.69, 9.17) is 4.52 Å². The molecule has 4 heterocycles. The molecule has 154 valence electrons. The predicted molar refractivity (Wildman–Crippen MR) is 114 cm³/mol. The largest absolute Gasteiger partial charge is 0.332 e. The van der Waals surface area contributed by atoms with Crippen LogP contribution in [-0.2, 0) is 6.54 Å². The van der Waals surface area contributed by atoms with Crippen LogP contribution in [0.25, 0.3) is 23.0 Å². The van der Waals surface area contributed by atoms with Gasteiger partial charge in [0.05, 0.1) is 0 Å². The molecule has 8 heteroatoms. The van der Waals surface area contributed by atoms with Gasteiger partial charge in [0.15, 0.2) is 5.69 Å². The number of likely N-dealkylation sites (tertiary alicyclic amines) is 1. The number of benzene rings is 1. The normalized spacial score (nSPS) is 19.9. The number of H-pyrrole nitrogens is 1. The van der Waals surface area contributed by atoms with Crippen LogP contribution in [0.4, 0.5) is 0 Å². The zero-order chi connectivity index (χ0) is 18.8. The number of halogens is 1. The van der Waals surface area contributed by atoms with E-state index in [9.17, 15) is 0 Å². The molecule has 2 aliphatic rings. The molecule has 1 unspecified atom stereocenters. The lowest BCUT2D eigenvalue weighted by Gasteiger charge is -2.26. The number of aromatic nitrogens is 4. The molecule has 2 fully saturated rings. The fourth-order valence-electron chi connectivity index (χ4n) is 4.20. The molecular formula is C21H27ClN6O. The number of nitrogens with one attached hydrogen (secondary N) is 2. The second-order valence-corrected chi connectivity index (χ2v) is 7.86. The molecule has 0 amide bonds. The highest BCUT2D eigenvalue weighted by Gasteiger charge is 2.21. The van der Waals surface area contributed by atoms with Gasteiger partial charge in [0.2, 0.25) is 5.82 Å². The lowest BCUT2D eigenvalue weighted by Crippen LogP contribution is -2.29. The van der Waals surface area contributed by atoms with Crippen molar-refractivity contribution >= 4 is 12.4 Å². The highest BCUT2D eigenvalue weighted by atomic mass is 35.5. The Kier molecular flexibility index (Phi) is 6.28. The third kappa shape index (κ3) is 4.52. The maximum Gasteiger partial charge on any atom is 0.278 e. The SMILES string of the molecule is Cl.c1cc(CN2CCCCC2)cc(-c2noc(-c3cc(C4CCNC4)[nH]n3)n2)c1. The van der Waals surface area contributed by atoms with E-state index >= 15 is 0 Å². The number of aromatic amines is 1. The summed E-state index contributed by atoms with van der Waals surface area (Å²) in [6, 6.07) is 10.5. The molecule has 2 aromatic heterocycles. The van der Waals surface area contributed by atoms with Crippen molar-refractivity contribution in [1.82, 2.24) is 30.6 Å². The molecule has 1 aromatic carbocycles. The van der Waals surface area contributed by atoms with Gasteiger partial charge in [-0.25, -0.2) is 0 Å². The van der Waals surface area contributed by atoms with Crippen molar-refractivity contribution in [3.8, 4) is 23.0 Å². The smallest absolute Gasteiger partial charge is 0.278 e. The van der Waals surface area contributed by atoms with Crippen molar-refractivity contribution in [1.29, 1.82) is 0 Å². The molecule has 7 nitrogen and oxygen atoms in total. The predicted octanol–water partition coefficient (Wildman–Crippen LogP) is 3.61. The molecule has 0 saturated carbocycles. The Morgan fingerprint density at radius 1 is 1.14 bits per heavy atom. The Hall–Kier alpha value is -2.22. The van der Waals surface area contributed by atoms with Crippen LogP contribution < -0.4 is 5.32 Å². The topological polar surface area (TPSA) is 82.9 Å². The molecule has 5 rings (SSSR count). The van der Waals surface area contributed by atoms with Gasteiger partial charge in [-0.2, -0.15) is 10.1 Å². The van der Waals surface area contributed by atoms with Crippen LogP contribution in [0.15, 0.2) is 34.9 Å². The van der Waals surface area contributed by atoms with Crippen LogP contribution in [0, 0.1) is 0 Å². The first-order chi connectivity index (χ1) is 13.8. The minimum absolute atomic E-state index is 0.